The van der Waals surface area contributed by atoms with Crippen LogP contribution in [0.1, 0.15) is 10.4 Å². The van der Waals surface area contributed by atoms with Crippen LogP contribution in [0.15, 0.2) is 41.8 Å². The van der Waals surface area contributed by atoms with Gasteiger partial charge in [0.05, 0.1) is 6.42 Å². The molecule has 0 bridgehead atoms. The van der Waals surface area contributed by atoms with Gasteiger partial charge in [-0.2, -0.15) is 0 Å². The van der Waals surface area contributed by atoms with Crippen molar-refractivity contribution in [1.82, 2.24) is 5.32 Å². The SMILES string of the molecule is Nc1ccc(CNC(=O)Cc2cccs2)cc1. The van der Waals surface area contributed by atoms with E-state index in [0.717, 1.165) is 16.1 Å². The zero-order valence-electron chi connectivity index (χ0n) is 9.35. The minimum absolute atomic E-state index is 0.0456. The number of hydrogen-bond donors (Lipinski definition) is 2. The maximum absolute atomic E-state index is 11.6. The van der Waals surface area contributed by atoms with Gasteiger partial charge in [0.15, 0.2) is 0 Å². The predicted octanol–water partition coefficient (Wildman–Crippen LogP) is 2.19. The summed E-state index contributed by atoms with van der Waals surface area (Å²) >= 11 is 1.60. The van der Waals surface area contributed by atoms with Gasteiger partial charge in [-0.3, -0.25) is 4.79 Å². The van der Waals surface area contributed by atoms with E-state index in [1.54, 1.807) is 11.3 Å². The van der Waals surface area contributed by atoms with E-state index in [4.69, 9.17) is 5.73 Å². The molecule has 3 nitrogen and oxygen atoms in total. The van der Waals surface area contributed by atoms with Crippen molar-refractivity contribution in [1.29, 1.82) is 0 Å². The number of nitrogens with one attached hydrogen (secondary N) is 1. The second-order valence-corrected chi connectivity index (χ2v) is 4.81. The zero-order chi connectivity index (χ0) is 12.1. The smallest absolute Gasteiger partial charge is 0.225 e. The summed E-state index contributed by atoms with van der Waals surface area (Å²) in [5.74, 6) is 0.0456. The molecular formula is C13H14N2OS. The molecule has 0 fully saturated rings. The fourth-order valence-electron chi connectivity index (χ4n) is 1.47. The average molecular weight is 246 g/mol. The highest BCUT2D eigenvalue weighted by Crippen LogP contribution is 2.09. The Balaban J connectivity index is 1.82. The molecule has 1 aromatic carbocycles. The lowest BCUT2D eigenvalue weighted by Crippen LogP contribution is -2.24. The highest BCUT2D eigenvalue weighted by atomic mass is 32.1. The van der Waals surface area contributed by atoms with Crippen molar-refractivity contribution in [3.05, 3.63) is 52.2 Å². The normalized spacial score (nSPS) is 10.1. The molecule has 2 aromatic rings. The molecule has 17 heavy (non-hydrogen) atoms. The summed E-state index contributed by atoms with van der Waals surface area (Å²) in [5.41, 5.74) is 7.38. The van der Waals surface area contributed by atoms with Crippen LogP contribution in [0.3, 0.4) is 0 Å². The van der Waals surface area contributed by atoms with Gasteiger partial charge in [0.1, 0.15) is 0 Å². The number of benzene rings is 1. The molecule has 0 atom stereocenters. The topological polar surface area (TPSA) is 55.1 Å². The molecule has 0 saturated heterocycles. The van der Waals surface area contributed by atoms with Crippen LogP contribution in [0.5, 0.6) is 0 Å². The fraction of sp³-hybridized carbons (Fsp3) is 0.154. The molecule has 1 aromatic heterocycles. The van der Waals surface area contributed by atoms with Crippen LogP contribution in [-0.4, -0.2) is 5.91 Å². The van der Waals surface area contributed by atoms with Gasteiger partial charge in [-0.25, -0.2) is 0 Å². The number of rotatable bonds is 4. The van der Waals surface area contributed by atoms with Gasteiger partial charge in [0.2, 0.25) is 5.91 Å². The number of nitrogens with two attached hydrogens (primary N) is 1. The summed E-state index contributed by atoms with van der Waals surface area (Å²) < 4.78 is 0. The number of carbonyl (C=O) groups is 1. The first-order valence-electron chi connectivity index (χ1n) is 5.37. The van der Waals surface area contributed by atoms with Gasteiger partial charge in [0, 0.05) is 17.1 Å². The molecule has 0 unspecified atom stereocenters. The summed E-state index contributed by atoms with van der Waals surface area (Å²) in [7, 11) is 0. The molecule has 0 aliphatic heterocycles. The largest absolute Gasteiger partial charge is 0.399 e. The molecule has 0 radical (unpaired) electrons. The molecule has 3 N–H and O–H groups in total. The first-order chi connectivity index (χ1) is 8.24. The molecule has 88 valence electrons. The van der Waals surface area contributed by atoms with Crippen molar-refractivity contribution in [2.75, 3.05) is 5.73 Å². The van der Waals surface area contributed by atoms with E-state index in [0.29, 0.717) is 13.0 Å². The number of nitrogen functional groups attached to an aromatic ring is 1. The molecule has 0 aliphatic rings. The van der Waals surface area contributed by atoms with Crippen molar-refractivity contribution in [2.24, 2.45) is 0 Å². The summed E-state index contributed by atoms with van der Waals surface area (Å²) in [5, 5.41) is 4.86. The summed E-state index contributed by atoms with van der Waals surface area (Å²) in [6, 6.07) is 11.4. The lowest BCUT2D eigenvalue weighted by molar-refractivity contribution is -0.120. The third kappa shape index (κ3) is 3.60. The third-order valence-corrected chi connectivity index (χ3v) is 3.26. The van der Waals surface area contributed by atoms with E-state index in [-0.39, 0.29) is 5.91 Å². The van der Waals surface area contributed by atoms with E-state index in [9.17, 15) is 4.79 Å². The summed E-state index contributed by atoms with van der Waals surface area (Å²) in [4.78, 5) is 12.7. The van der Waals surface area contributed by atoms with Crippen molar-refractivity contribution >= 4 is 22.9 Å². The zero-order valence-corrected chi connectivity index (χ0v) is 10.2. The first kappa shape index (κ1) is 11.7. The van der Waals surface area contributed by atoms with Crippen molar-refractivity contribution in [3.8, 4) is 0 Å². The number of thiophene rings is 1. The maximum atomic E-state index is 11.6. The Morgan fingerprint density at radius 2 is 2.00 bits per heavy atom. The van der Waals surface area contributed by atoms with Gasteiger partial charge < -0.3 is 11.1 Å². The average Bonchev–Trinajstić information content (AvgIpc) is 2.81. The van der Waals surface area contributed by atoms with Crippen LogP contribution in [0.4, 0.5) is 5.69 Å². The second kappa shape index (κ2) is 5.50. The minimum atomic E-state index is 0.0456. The van der Waals surface area contributed by atoms with Gasteiger partial charge in [-0.15, -0.1) is 11.3 Å². The quantitative estimate of drug-likeness (QED) is 0.812. The number of hydrogen-bond acceptors (Lipinski definition) is 3. The maximum Gasteiger partial charge on any atom is 0.225 e. The molecule has 1 amide bonds. The van der Waals surface area contributed by atoms with Gasteiger partial charge in [-0.05, 0) is 29.1 Å². The van der Waals surface area contributed by atoms with E-state index in [1.807, 2.05) is 41.8 Å². The Bertz CT molecular complexity index is 477. The third-order valence-electron chi connectivity index (χ3n) is 2.38. The van der Waals surface area contributed by atoms with Crippen molar-refractivity contribution in [2.45, 2.75) is 13.0 Å². The van der Waals surface area contributed by atoms with Crippen LogP contribution >= 0.6 is 11.3 Å². The Morgan fingerprint density at radius 1 is 1.24 bits per heavy atom. The van der Waals surface area contributed by atoms with Crippen LogP contribution < -0.4 is 11.1 Å². The lowest BCUT2D eigenvalue weighted by Gasteiger charge is -2.04. The molecular weight excluding hydrogens is 232 g/mol. The minimum Gasteiger partial charge on any atom is -0.399 e. The number of carbonyl (C=O) groups excluding carboxylic acids is 1. The van der Waals surface area contributed by atoms with E-state index in [2.05, 4.69) is 5.32 Å². The summed E-state index contributed by atoms with van der Waals surface area (Å²) in [6.45, 7) is 0.546. The Morgan fingerprint density at radius 3 is 2.65 bits per heavy atom. The Hall–Kier alpha value is -1.81. The van der Waals surface area contributed by atoms with Crippen LogP contribution in [0.25, 0.3) is 0 Å². The van der Waals surface area contributed by atoms with Gasteiger partial charge in [-0.1, -0.05) is 18.2 Å². The van der Waals surface area contributed by atoms with Gasteiger partial charge >= 0.3 is 0 Å². The fourth-order valence-corrected chi connectivity index (χ4v) is 2.17. The number of amides is 1. The standard InChI is InChI=1S/C13H14N2OS/c14-11-5-3-10(4-6-11)9-15-13(16)8-12-2-1-7-17-12/h1-7H,8-9,14H2,(H,15,16). The molecule has 4 heteroatoms. The van der Waals surface area contributed by atoms with Gasteiger partial charge in [0.25, 0.3) is 0 Å². The molecule has 0 spiro atoms. The van der Waals surface area contributed by atoms with E-state index in [1.165, 1.54) is 0 Å². The first-order valence-corrected chi connectivity index (χ1v) is 6.25. The molecule has 2 rings (SSSR count). The van der Waals surface area contributed by atoms with Crippen LogP contribution in [0.2, 0.25) is 0 Å². The highest BCUT2D eigenvalue weighted by Gasteiger charge is 2.03. The lowest BCUT2D eigenvalue weighted by atomic mass is 10.2. The summed E-state index contributed by atoms with van der Waals surface area (Å²) in [6.07, 6.45) is 0.451. The second-order valence-electron chi connectivity index (χ2n) is 3.77. The monoisotopic (exact) mass is 246 g/mol. The Kier molecular flexibility index (Phi) is 3.77. The van der Waals surface area contributed by atoms with Crippen molar-refractivity contribution in [3.63, 3.8) is 0 Å². The van der Waals surface area contributed by atoms with Crippen LogP contribution in [0, 0.1) is 0 Å². The predicted molar refractivity (Wildman–Crippen MR) is 70.7 cm³/mol. The molecule has 0 saturated carbocycles. The van der Waals surface area contributed by atoms with Crippen molar-refractivity contribution < 1.29 is 4.79 Å². The highest BCUT2D eigenvalue weighted by molar-refractivity contribution is 7.10. The van der Waals surface area contributed by atoms with E-state index >= 15 is 0 Å². The molecule has 1 heterocycles. The molecule has 0 aliphatic carbocycles. The van der Waals surface area contributed by atoms with Crippen LogP contribution in [-0.2, 0) is 17.8 Å². The van der Waals surface area contributed by atoms with E-state index < -0.39 is 0 Å². The number of anilines is 1. The Labute approximate surface area is 104 Å².